The SMILES string of the molecule is CN1N=C(C(=O)N[C@H]2CCSc3ccccc32)CCC1=O. The van der Waals surface area contributed by atoms with Crippen LogP contribution >= 0.6 is 11.8 Å². The van der Waals surface area contributed by atoms with Crippen LogP contribution in [0.5, 0.6) is 0 Å². The maximum atomic E-state index is 12.3. The minimum atomic E-state index is -0.166. The maximum Gasteiger partial charge on any atom is 0.267 e. The van der Waals surface area contributed by atoms with E-state index in [0.29, 0.717) is 18.6 Å². The first-order chi connectivity index (χ1) is 10.1. The lowest BCUT2D eigenvalue weighted by molar-refractivity contribution is -0.130. The van der Waals surface area contributed by atoms with Crippen LogP contribution in [-0.4, -0.2) is 35.3 Å². The lowest BCUT2D eigenvalue weighted by Gasteiger charge is -2.27. The standard InChI is InChI=1S/C15H17N3O2S/c1-18-14(19)7-6-12(17-18)15(20)16-11-8-9-21-13-5-3-2-4-10(11)13/h2-5,11H,6-9H2,1H3,(H,16,20)/t11-/m0/s1. The third-order valence-electron chi connectivity index (χ3n) is 3.73. The maximum absolute atomic E-state index is 12.3. The van der Waals surface area contributed by atoms with Crippen molar-refractivity contribution in [3.05, 3.63) is 29.8 Å². The van der Waals surface area contributed by atoms with Gasteiger partial charge in [-0.1, -0.05) is 18.2 Å². The van der Waals surface area contributed by atoms with Crippen molar-refractivity contribution in [3.8, 4) is 0 Å². The van der Waals surface area contributed by atoms with Gasteiger partial charge in [-0.25, -0.2) is 5.01 Å². The molecule has 2 aliphatic rings. The van der Waals surface area contributed by atoms with Crippen LogP contribution in [0, 0.1) is 0 Å². The van der Waals surface area contributed by atoms with E-state index >= 15 is 0 Å². The number of thioether (sulfide) groups is 1. The highest BCUT2D eigenvalue weighted by Gasteiger charge is 2.26. The molecule has 1 aromatic carbocycles. The number of nitrogens with one attached hydrogen (secondary N) is 1. The molecule has 110 valence electrons. The Morgan fingerprint density at radius 2 is 2.19 bits per heavy atom. The summed E-state index contributed by atoms with van der Waals surface area (Å²) in [5.41, 5.74) is 1.61. The molecule has 0 aliphatic carbocycles. The van der Waals surface area contributed by atoms with Gasteiger partial charge in [0.05, 0.1) is 6.04 Å². The van der Waals surface area contributed by atoms with Gasteiger partial charge in [-0.2, -0.15) is 5.10 Å². The van der Waals surface area contributed by atoms with Crippen LogP contribution in [0.2, 0.25) is 0 Å². The van der Waals surface area contributed by atoms with E-state index in [9.17, 15) is 9.59 Å². The molecule has 2 aliphatic heterocycles. The molecule has 21 heavy (non-hydrogen) atoms. The predicted molar refractivity (Wildman–Crippen MR) is 82.1 cm³/mol. The second-order valence-corrected chi connectivity index (χ2v) is 6.30. The Hall–Kier alpha value is -1.82. The lowest BCUT2D eigenvalue weighted by atomic mass is 10.0. The summed E-state index contributed by atoms with van der Waals surface area (Å²) >= 11 is 1.82. The fourth-order valence-electron chi connectivity index (χ4n) is 2.57. The fraction of sp³-hybridized carbons (Fsp3) is 0.400. The molecule has 0 radical (unpaired) electrons. The van der Waals surface area contributed by atoms with Gasteiger partial charge in [0.15, 0.2) is 0 Å². The van der Waals surface area contributed by atoms with E-state index in [1.54, 1.807) is 7.05 Å². The van der Waals surface area contributed by atoms with Gasteiger partial charge in [-0.3, -0.25) is 9.59 Å². The van der Waals surface area contributed by atoms with Crippen molar-refractivity contribution < 1.29 is 9.59 Å². The number of rotatable bonds is 2. The smallest absolute Gasteiger partial charge is 0.267 e. The third-order valence-corrected chi connectivity index (χ3v) is 4.86. The molecule has 0 aromatic heterocycles. The normalized spacial score (nSPS) is 21.6. The highest BCUT2D eigenvalue weighted by molar-refractivity contribution is 7.99. The van der Waals surface area contributed by atoms with Gasteiger partial charge < -0.3 is 5.32 Å². The van der Waals surface area contributed by atoms with Gasteiger partial charge in [0, 0.05) is 30.5 Å². The van der Waals surface area contributed by atoms with E-state index in [-0.39, 0.29) is 17.9 Å². The first-order valence-electron chi connectivity index (χ1n) is 7.02. The number of hydrazone groups is 1. The van der Waals surface area contributed by atoms with Gasteiger partial charge in [-0.15, -0.1) is 11.8 Å². The van der Waals surface area contributed by atoms with Crippen molar-refractivity contribution in [1.29, 1.82) is 0 Å². The van der Waals surface area contributed by atoms with Crippen LogP contribution in [0.1, 0.15) is 30.9 Å². The molecule has 1 N–H and O–H groups in total. The fourth-order valence-corrected chi connectivity index (χ4v) is 3.69. The van der Waals surface area contributed by atoms with Gasteiger partial charge >= 0.3 is 0 Å². The van der Waals surface area contributed by atoms with Gasteiger partial charge in [0.25, 0.3) is 5.91 Å². The van der Waals surface area contributed by atoms with Crippen molar-refractivity contribution in [2.45, 2.75) is 30.2 Å². The number of nitrogens with zero attached hydrogens (tertiary/aromatic N) is 2. The highest BCUT2D eigenvalue weighted by atomic mass is 32.2. The van der Waals surface area contributed by atoms with E-state index in [1.165, 1.54) is 15.5 Å². The molecular weight excluding hydrogens is 286 g/mol. The summed E-state index contributed by atoms with van der Waals surface area (Å²) in [7, 11) is 1.58. The molecular formula is C15H17N3O2S. The average Bonchev–Trinajstić information content (AvgIpc) is 2.50. The quantitative estimate of drug-likeness (QED) is 0.908. The third kappa shape index (κ3) is 2.95. The first kappa shape index (κ1) is 14.1. The van der Waals surface area contributed by atoms with Crippen LogP contribution in [0.3, 0.4) is 0 Å². The summed E-state index contributed by atoms with van der Waals surface area (Å²) in [4.78, 5) is 25.0. The van der Waals surface area contributed by atoms with Crippen molar-refractivity contribution >= 4 is 29.3 Å². The summed E-state index contributed by atoms with van der Waals surface area (Å²) < 4.78 is 0. The first-order valence-corrected chi connectivity index (χ1v) is 8.00. The molecule has 0 spiro atoms. The average molecular weight is 303 g/mol. The summed E-state index contributed by atoms with van der Waals surface area (Å²) in [6.07, 6.45) is 1.67. The molecule has 0 saturated heterocycles. The zero-order chi connectivity index (χ0) is 14.8. The van der Waals surface area contributed by atoms with Gasteiger partial charge in [0.1, 0.15) is 5.71 Å². The highest BCUT2D eigenvalue weighted by Crippen LogP contribution is 2.35. The molecule has 3 rings (SSSR count). The molecule has 1 aromatic rings. The molecule has 2 amide bonds. The zero-order valence-corrected chi connectivity index (χ0v) is 12.7. The number of fused-ring (bicyclic) bond motifs is 1. The van der Waals surface area contributed by atoms with E-state index in [1.807, 2.05) is 23.9 Å². The number of amides is 2. The van der Waals surface area contributed by atoms with Crippen molar-refractivity contribution in [2.24, 2.45) is 5.10 Å². The summed E-state index contributed by atoms with van der Waals surface area (Å²) in [5.74, 6) is 0.777. The Bertz CT molecular complexity index is 615. The van der Waals surface area contributed by atoms with Crippen LogP contribution in [0.15, 0.2) is 34.3 Å². The van der Waals surface area contributed by atoms with Crippen molar-refractivity contribution in [3.63, 3.8) is 0 Å². The molecule has 5 nitrogen and oxygen atoms in total. The Kier molecular flexibility index (Phi) is 3.96. The largest absolute Gasteiger partial charge is 0.344 e. The van der Waals surface area contributed by atoms with E-state index in [0.717, 1.165) is 12.2 Å². The minimum Gasteiger partial charge on any atom is -0.344 e. The van der Waals surface area contributed by atoms with E-state index in [4.69, 9.17) is 0 Å². The van der Waals surface area contributed by atoms with Crippen LogP contribution in [0.4, 0.5) is 0 Å². The van der Waals surface area contributed by atoms with Crippen LogP contribution < -0.4 is 5.32 Å². The monoisotopic (exact) mass is 303 g/mol. The number of carbonyl (C=O) groups is 2. The summed E-state index contributed by atoms with van der Waals surface area (Å²) in [6, 6.07) is 8.18. The van der Waals surface area contributed by atoms with Gasteiger partial charge in [0.2, 0.25) is 5.91 Å². The molecule has 1 atom stereocenters. The van der Waals surface area contributed by atoms with Crippen LogP contribution in [0.25, 0.3) is 0 Å². The molecule has 0 saturated carbocycles. The predicted octanol–water partition coefficient (Wildman–Crippen LogP) is 1.95. The lowest BCUT2D eigenvalue weighted by Crippen LogP contribution is -2.39. The summed E-state index contributed by atoms with van der Waals surface area (Å²) in [5, 5.41) is 8.38. The molecule has 2 heterocycles. The topological polar surface area (TPSA) is 61.8 Å². The van der Waals surface area contributed by atoms with Gasteiger partial charge in [-0.05, 0) is 18.1 Å². The Morgan fingerprint density at radius 3 is 3.00 bits per heavy atom. The minimum absolute atomic E-state index is 0.0283. The Balaban J connectivity index is 1.74. The van der Waals surface area contributed by atoms with Crippen molar-refractivity contribution in [2.75, 3.05) is 12.8 Å². The molecule has 0 fully saturated rings. The number of benzene rings is 1. The number of carbonyl (C=O) groups excluding carboxylic acids is 2. The molecule has 6 heteroatoms. The number of hydrogen-bond donors (Lipinski definition) is 1. The zero-order valence-electron chi connectivity index (χ0n) is 11.8. The van der Waals surface area contributed by atoms with Crippen LogP contribution in [-0.2, 0) is 9.59 Å². The Morgan fingerprint density at radius 1 is 1.38 bits per heavy atom. The number of hydrogen-bond acceptors (Lipinski definition) is 4. The van der Waals surface area contributed by atoms with Crippen molar-refractivity contribution in [1.82, 2.24) is 10.3 Å². The molecule has 0 unspecified atom stereocenters. The molecule has 0 bridgehead atoms. The van der Waals surface area contributed by atoms with E-state index in [2.05, 4.69) is 22.6 Å². The second kappa shape index (κ2) is 5.89. The summed E-state index contributed by atoms with van der Waals surface area (Å²) in [6.45, 7) is 0. The second-order valence-electron chi connectivity index (χ2n) is 5.17. The van der Waals surface area contributed by atoms with E-state index < -0.39 is 0 Å². The Labute approximate surface area is 127 Å².